The van der Waals surface area contributed by atoms with Crippen molar-refractivity contribution in [2.45, 2.75) is 51.1 Å². The Kier molecular flexibility index (Phi) is 6.11. The van der Waals surface area contributed by atoms with Crippen LogP contribution in [-0.2, 0) is 6.54 Å². The van der Waals surface area contributed by atoms with Gasteiger partial charge in [0.2, 0.25) is 0 Å². The van der Waals surface area contributed by atoms with E-state index in [4.69, 9.17) is 27.7 Å². The standard InChI is InChI=1S/C21H23Cl2N3O3/c22-14-7-8-17(18(23)9-14)21(28)26(15-3-1-2-4-15)12-16-10-19(25-29-16)20(27)24-11-13-5-6-13/h7-10,13,15H,1-6,11-12H2,(H,24,27). The van der Waals surface area contributed by atoms with Gasteiger partial charge in [-0.3, -0.25) is 9.59 Å². The minimum absolute atomic E-state index is 0.103. The zero-order valence-electron chi connectivity index (χ0n) is 16.0. The van der Waals surface area contributed by atoms with Crippen LogP contribution in [0.4, 0.5) is 0 Å². The summed E-state index contributed by atoms with van der Waals surface area (Å²) in [6.45, 7) is 0.911. The molecule has 2 amide bonds. The summed E-state index contributed by atoms with van der Waals surface area (Å²) in [5.74, 6) is 0.651. The molecule has 0 radical (unpaired) electrons. The lowest BCUT2D eigenvalue weighted by molar-refractivity contribution is 0.0643. The van der Waals surface area contributed by atoms with E-state index in [-0.39, 0.29) is 30.1 Å². The topological polar surface area (TPSA) is 75.4 Å². The van der Waals surface area contributed by atoms with Crippen LogP contribution in [0.25, 0.3) is 0 Å². The average Bonchev–Trinajstić information content (AvgIpc) is 3.16. The van der Waals surface area contributed by atoms with Crippen molar-refractivity contribution >= 4 is 35.0 Å². The first-order valence-electron chi connectivity index (χ1n) is 10.0. The van der Waals surface area contributed by atoms with Gasteiger partial charge < -0.3 is 14.7 Å². The first-order chi connectivity index (χ1) is 14.0. The lowest BCUT2D eigenvalue weighted by atomic mass is 10.1. The molecule has 1 heterocycles. The second-order valence-corrected chi connectivity index (χ2v) is 8.67. The van der Waals surface area contributed by atoms with E-state index in [2.05, 4.69) is 10.5 Å². The van der Waals surface area contributed by atoms with Crippen molar-refractivity contribution < 1.29 is 14.1 Å². The molecule has 2 fully saturated rings. The number of nitrogens with zero attached hydrogens (tertiary/aromatic N) is 2. The van der Waals surface area contributed by atoms with Gasteiger partial charge in [0.05, 0.1) is 17.1 Å². The quantitative estimate of drug-likeness (QED) is 0.683. The Balaban J connectivity index is 1.50. The monoisotopic (exact) mass is 435 g/mol. The fourth-order valence-electron chi connectivity index (χ4n) is 3.71. The molecule has 6 nitrogen and oxygen atoms in total. The molecule has 0 aliphatic heterocycles. The molecule has 2 aliphatic carbocycles. The Morgan fingerprint density at radius 3 is 2.59 bits per heavy atom. The highest BCUT2D eigenvalue weighted by Crippen LogP contribution is 2.30. The zero-order valence-corrected chi connectivity index (χ0v) is 17.5. The summed E-state index contributed by atoms with van der Waals surface area (Å²) in [7, 11) is 0. The normalized spacial score (nSPS) is 16.8. The SMILES string of the molecule is O=C(NCC1CC1)c1cc(CN(C(=O)c2ccc(Cl)cc2Cl)C2CCCC2)on1. The maximum atomic E-state index is 13.3. The third-order valence-electron chi connectivity index (χ3n) is 5.55. The lowest BCUT2D eigenvalue weighted by Gasteiger charge is -2.28. The molecule has 1 aromatic carbocycles. The number of amides is 2. The van der Waals surface area contributed by atoms with Crippen LogP contribution in [0.1, 0.15) is 65.1 Å². The highest BCUT2D eigenvalue weighted by Gasteiger charge is 2.30. The highest BCUT2D eigenvalue weighted by molar-refractivity contribution is 6.36. The molecule has 8 heteroatoms. The van der Waals surface area contributed by atoms with E-state index in [1.54, 1.807) is 29.2 Å². The molecule has 4 rings (SSSR count). The first-order valence-corrected chi connectivity index (χ1v) is 10.8. The predicted molar refractivity (Wildman–Crippen MR) is 110 cm³/mol. The molecule has 1 aromatic heterocycles. The van der Waals surface area contributed by atoms with E-state index in [1.807, 2.05) is 0 Å². The molecule has 2 aromatic rings. The van der Waals surface area contributed by atoms with Gasteiger partial charge >= 0.3 is 0 Å². The summed E-state index contributed by atoms with van der Waals surface area (Å²) in [4.78, 5) is 27.2. The van der Waals surface area contributed by atoms with E-state index in [0.717, 1.165) is 38.5 Å². The third-order valence-corrected chi connectivity index (χ3v) is 6.10. The number of rotatable bonds is 7. The fraction of sp³-hybridized carbons (Fsp3) is 0.476. The fourth-order valence-corrected chi connectivity index (χ4v) is 4.20. The molecule has 0 spiro atoms. The molecule has 29 heavy (non-hydrogen) atoms. The van der Waals surface area contributed by atoms with Gasteiger partial charge in [0.25, 0.3) is 11.8 Å². The maximum absolute atomic E-state index is 13.3. The van der Waals surface area contributed by atoms with Gasteiger partial charge in [-0.1, -0.05) is 41.2 Å². The Morgan fingerprint density at radius 1 is 1.14 bits per heavy atom. The lowest BCUT2D eigenvalue weighted by Crippen LogP contribution is -2.38. The molecular formula is C21H23Cl2N3O3. The number of carbonyl (C=O) groups excluding carboxylic acids is 2. The molecule has 2 aliphatic rings. The smallest absolute Gasteiger partial charge is 0.273 e. The van der Waals surface area contributed by atoms with Crippen LogP contribution in [0.5, 0.6) is 0 Å². The van der Waals surface area contributed by atoms with Crippen molar-refractivity contribution in [2.75, 3.05) is 6.54 Å². The molecule has 0 bridgehead atoms. The summed E-state index contributed by atoms with van der Waals surface area (Å²) in [6, 6.07) is 6.59. The third kappa shape index (κ3) is 4.93. The van der Waals surface area contributed by atoms with Crippen molar-refractivity contribution in [2.24, 2.45) is 5.92 Å². The van der Waals surface area contributed by atoms with E-state index in [9.17, 15) is 9.59 Å². The van der Waals surface area contributed by atoms with Gasteiger partial charge in [0, 0.05) is 23.7 Å². The number of aromatic nitrogens is 1. The van der Waals surface area contributed by atoms with Crippen LogP contribution >= 0.6 is 23.2 Å². The minimum Gasteiger partial charge on any atom is -0.359 e. The summed E-state index contributed by atoms with van der Waals surface area (Å²) < 4.78 is 5.37. The molecule has 0 atom stereocenters. The summed E-state index contributed by atoms with van der Waals surface area (Å²) in [5.41, 5.74) is 0.647. The van der Waals surface area contributed by atoms with Gasteiger partial charge in [-0.15, -0.1) is 0 Å². The Hall–Kier alpha value is -2.05. The van der Waals surface area contributed by atoms with Crippen LogP contribution in [-0.4, -0.2) is 34.5 Å². The number of halogens is 2. The van der Waals surface area contributed by atoms with E-state index in [0.29, 0.717) is 33.8 Å². The first kappa shape index (κ1) is 20.2. The zero-order chi connectivity index (χ0) is 20.4. The van der Waals surface area contributed by atoms with E-state index in [1.165, 1.54) is 0 Å². The molecular weight excluding hydrogens is 413 g/mol. The largest absolute Gasteiger partial charge is 0.359 e. The van der Waals surface area contributed by atoms with Gasteiger partial charge in [0.15, 0.2) is 11.5 Å². The molecule has 154 valence electrons. The summed E-state index contributed by atoms with van der Waals surface area (Å²) in [5, 5.41) is 7.56. The Labute approximate surface area is 179 Å². The molecule has 2 saturated carbocycles. The molecule has 1 N–H and O–H groups in total. The van der Waals surface area contributed by atoms with Crippen molar-refractivity contribution in [3.8, 4) is 0 Å². The van der Waals surface area contributed by atoms with Crippen LogP contribution < -0.4 is 5.32 Å². The van der Waals surface area contributed by atoms with Crippen molar-refractivity contribution in [1.82, 2.24) is 15.4 Å². The van der Waals surface area contributed by atoms with Gasteiger partial charge in [0.1, 0.15) is 0 Å². The number of carbonyl (C=O) groups is 2. The highest BCUT2D eigenvalue weighted by atomic mass is 35.5. The van der Waals surface area contributed by atoms with Gasteiger partial charge in [-0.25, -0.2) is 0 Å². The van der Waals surface area contributed by atoms with E-state index >= 15 is 0 Å². The maximum Gasteiger partial charge on any atom is 0.273 e. The summed E-state index contributed by atoms with van der Waals surface area (Å²) in [6.07, 6.45) is 6.34. The van der Waals surface area contributed by atoms with E-state index < -0.39 is 0 Å². The van der Waals surface area contributed by atoms with Crippen molar-refractivity contribution in [3.63, 3.8) is 0 Å². The number of nitrogens with one attached hydrogen (secondary N) is 1. The number of benzene rings is 1. The van der Waals surface area contributed by atoms with Crippen molar-refractivity contribution in [1.29, 1.82) is 0 Å². The Morgan fingerprint density at radius 2 is 1.90 bits per heavy atom. The predicted octanol–water partition coefficient (Wildman–Crippen LogP) is 4.71. The van der Waals surface area contributed by atoms with Gasteiger partial charge in [-0.05, 0) is 49.8 Å². The number of hydrogen-bond acceptors (Lipinski definition) is 4. The second kappa shape index (κ2) is 8.76. The van der Waals surface area contributed by atoms with Gasteiger partial charge in [-0.2, -0.15) is 0 Å². The van der Waals surface area contributed by atoms with Crippen LogP contribution in [0.15, 0.2) is 28.8 Å². The van der Waals surface area contributed by atoms with Crippen molar-refractivity contribution in [3.05, 3.63) is 51.3 Å². The Bertz CT molecular complexity index is 904. The summed E-state index contributed by atoms with van der Waals surface area (Å²) >= 11 is 12.2. The van der Waals surface area contributed by atoms with Crippen LogP contribution in [0.2, 0.25) is 10.0 Å². The minimum atomic E-state index is -0.244. The molecule has 0 saturated heterocycles. The molecule has 0 unspecified atom stereocenters. The second-order valence-electron chi connectivity index (χ2n) is 7.83. The average molecular weight is 436 g/mol. The van der Waals surface area contributed by atoms with Crippen LogP contribution in [0.3, 0.4) is 0 Å². The number of hydrogen-bond donors (Lipinski definition) is 1. The van der Waals surface area contributed by atoms with Crippen LogP contribution in [0, 0.1) is 5.92 Å².